The quantitative estimate of drug-likeness (QED) is 0.723. The average Bonchev–Trinajstić information content (AvgIpc) is 3.29. The maximum atomic E-state index is 3.87. The van der Waals surface area contributed by atoms with Crippen LogP contribution in [0.3, 0.4) is 0 Å². The van der Waals surface area contributed by atoms with Crippen LogP contribution in [0.25, 0.3) is 0 Å². The fourth-order valence-electron chi connectivity index (χ4n) is 3.59. The molecule has 1 aliphatic rings. The molecule has 1 fully saturated rings. The highest BCUT2D eigenvalue weighted by atomic mass is 14.9. The fourth-order valence-corrected chi connectivity index (χ4v) is 3.59. The zero-order valence-electron chi connectivity index (χ0n) is 12.8. The summed E-state index contributed by atoms with van der Waals surface area (Å²) >= 11 is 0. The molecule has 19 heavy (non-hydrogen) atoms. The predicted molar refractivity (Wildman–Crippen MR) is 83.5 cm³/mol. The zero-order chi connectivity index (χ0) is 13.7. The van der Waals surface area contributed by atoms with E-state index in [0.717, 1.165) is 12.5 Å². The summed E-state index contributed by atoms with van der Waals surface area (Å²) in [5.74, 6) is 0.895. The lowest BCUT2D eigenvalue weighted by atomic mass is 9.68. The van der Waals surface area contributed by atoms with Gasteiger partial charge in [0.1, 0.15) is 0 Å². The van der Waals surface area contributed by atoms with Gasteiger partial charge in [0, 0.05) is 11.5 Å². The van der Waals surface area contributed by atoms with E-state index in [4.69, 9.17) is 0 Å². The second kappa shape index (κ2) is 6.56. The molecule has 0 radical (unpaired) electrons. The number of hydrogen-bond acceptors (Lipinski definition) is 1. The van der Waals surface area contributed by atoms with E-state index in [9.17, 15) is 0 Å². The van der Waals surface area contributed by atoms with Crippen molar-refractivity contribution < 1.29 is 0 Å². The highest BCUT2D eigenvalue weighted by molar-refractivity contribution is 5.29. The van der Waals surface area contributed by atoms with Gasteiger partial charge in [0.2, 0.25) is 0 Å². The van der Waals surface area contributed by atoms with Gasteiger partial charge in [-0.3, -0.25) is 0 Å². The first-order valence-electron chi connectivity index (χ1n) is 8.07. The molecule has 0 amide bonds. The lowest BCUT2D eigenvalue weighted by Crippen LogP contribution is -2.49. The van der Waals surface area contributed by atoms with Crippen LogP contribution in [0, 0.1) is 5.92 Å². The molecular weight excluding hydrogens is 230 g/mol. The van der Waals surface area contributed by atoms with Crippen molar-refractivity contribution in [3.63, 3.8) is 0 Å². The Labute approximate surface area is 118 Å². The summed E-state index contributed by atoms with van der Waals surface area (Å²) in [4.78, 5) is 0. The predicted octanol–water partition coefficient (Wildman–Crippen LogP) is 4.52. The lowest BCUT2D eigenvalue weighted by molar-refractivity contribution is 0.246. The first-order chi connectivity index (χ1) is 9.28. The molecule has 0 aromatic heterocycles. The van der Waals surface area contributed by atoms with Crippen LogP contribution in [0.15, 0.2) is 30.3 Å². The molecule has 1 N–H and O–H groups in total. The van der Waals surface area contributed by atoms with E-state index in [1.165, 1.54) is 37.7 Å². The third-order valence-corrected chi connectivity index (χ3v) is 4.91. The van der Waals surface area contributed by atoms with Crippen LogP contribution >= 0.6 is 0 Å². The van der Waals surface area contributed by atoms with Crippen LogP contribution in [-0.4, -0.2) is 12.6 Å². The van der Waals surface area contributed by atoms with Gasteiger partial charge in [-0.1, -0.05) is 51.1 Å². The number of hydrogen-bond donors (Lipinski definition) is 1. The van der Waals surface area contributed by atoms with E-state index >= 15 is 0 Å². The molecule has 2 rings (SSSR count). The monoisotopic (exact) mass is 259 g/mol. The molecule has 1 aromatic rings. The molecule has 0 bridgehead atoms. The summed E-state index contributed by atoms with van der Waals surface area (Å²) < 4.78 is 0. The maximum absolute atomic E-state index is 3.87. The van der Waals surface area contributed by atoms with Gasteiger partial charge in [-0.2, -0.15) is 0 Å². The first-order valence-corrected chi connectivity index (χ1v) is 8.07. The van der Waals surface area contributed by atoms with Crippen molar-refractivity contribution in [1.82, 2.24) is 5.32 Å². The second-order valence-corrected chi connectivity index (χ2v) is 6.00. The molecule has 1 nitrogen and oxygen atoms in total. The Balaban J connectivity index is 2.30. The minimum absolute atomic E-state index is 0.317. The summed E-state index contributed by atoms with van der Waals surface area (Å²) in [5, 5.41) is 3.87. The van der Waals surface area contributed by atoms with Crippen LogP contribution in [0.2, 0.25) is 0 Å². The molecule has 0 saturated heterocycles. The molecule has 0 aliphatic heterocycles. The Bertz CT molecular complexity index is 363. The van der Waals surface area contributed by atoms with Gasteiger partial charge in [-0.05, 0) is 50.1 Å². The van der Waals surface area contributed by atoms with E-state index in [1.54, 1.807) is 0 Å². The highest BCUT2D eigenvalue weighted by Gasteiger charge is 2.45. The van der Waals surface area contributed by atoms with Crippen LogP contribution < -0.4 is 5.32 Å². The first kappa shape index (κ1) is 14.6. The molecule has 1 aromatic carbocycles. The van der Waals surface area contributed by atoms with Crippen LogP contribution in [0.5, 0.6) is 0 Å². The van der Waals surface area contributed by atoms with Crippen LogP contribution in [0.4, 0.5) is 0 Å². The Morgan fingerprint density at radius 2 is 1.74 bits per heavy atom. The molecule has 1 unspecified atom stereocenters. The van der Waals surface area contributed by atoms with Crippen LogP contribution in [0.1, 0.15) is 58.4 Å². The summed E-state index contributed by atoms with van der Waals surface area (Å²) in [5.41, 5.74) is 1.85. The van der Waals surface area contributed by atoms with Crippen molar-refractivity contribution in [1.29, 1.82) is 0 Å². The van der Waals surface area contributed by atoms with Crippen LogP contribution in [-0.2, 0) is 5.41 Å². The summed E-state index contributed by atoms with van der Waals surface area (Å²) in [6.45, 7) is 8.13. The largest absolute Gasteiger partial charge is 0.313 e. The number of benzene rings is 1. The molecule has 1 saturated carbocycles. The van der Waals surface area contributed by atoms with Gasteiger partial charge in [-0.15, -0.1) is 0 Å². The highest BCUT2D eigenvalue weighted by Crippen LogP contribution is 2.45. The SMILES string of the molecule is CCCNC(C1CC1)C(CC)(CC)c1ccccc1. The maximum Gasteiger partial charge on any atom is 0.0192 e. The Morgan fingerprint density at radius 3 is 2.21 bits per heavy atom. The van der Waals surface area contributed by atoms with E-state index in [2.05, 4.69) is 56.4 Å². The summed E-state index contributed by atoms with van der Waals surface area (Å²) in [6, 6.07) is 11.8. The molecule has 0 spiro atoms. The fraction of sp³-hybridized carbons (Fsp3) is 0.667. The Morgan fingerprint density at radius 1 is 1.11 bits per heavy atom. The third kappa shape index (κ3) is 3.02. The van der Waals surface area contributed by atoms with Gasteiger partial charge in [0.05, 0.1) is 0 Å². The van der Waals surface area contributed by atoms with Crippen molar-refractivity contribution in [2.24, 2.45) is 5.92 Å². The van der Waals surface area contributed by atoms with Gasteiger partial charge in [-0.25, -0.2) is 0 Å². The summed E-state index contributed by atoms with van der Waals surface area (Å²) in [6.07, 6.45) is 6.50. The Kier molecular flexibility index (Phi) is 5.04. The van der Waals surface area contributed by atoms with E-state index in [1.807, 2.05) is 0 Å². The number of rotatable bonds is 8. The average molecular weight is 259 g/mol. The normalized spacial score (nSPS) is 17.4. The molecule has 1 aliphatic carbocycles. The third-order valence-electron chi connectivity index (χ3n) is 4.91. The lowest BCUT2D eigenvalue weighted by Gasteiger charge is -2.41. The summed E-state index contributed by atoms with van der Waals surface area (Å²) in [7, 11) is 0. The molecule has 106 valence electrons. The minimum atomic E-state index is 0.317. The molecule has 1 atom stereocenters. The van der Waals surface area contributed by atoms with Crippen molar-refractivity contribution in [3.05, 3.63) is 35.9 Å². The zero-order valence-corrected chi connectivity index (χ0v) is 12.8. The van der Waals surface area contributed by atoms with Gasteiger partial charge in [0.25, 0.3) is 0 Å². The van der Waals surface area contributed by atoms with Crippen molar-refractivity contribution in [3.8, 4) is 0 Å². The van der Waals surface area contributed by atoms with E-state index < -0.39 is 0 Å². The Hall–Kier alpha value is -0.820. The second-order valence-electron chi connectivity index (χ2n) is 6.00. The minimum Gasteiger partial charge on any atom is -0.313 e. The molecule has 1 heteroatoms. The van der Waals surface area contributed by atoms with Crippen molar-refractivity contribution >= 4 is 0 Å². The van der Waals surface area contributed by atoms with E-state index in [0.29, 0.717) is 11.5 Å². The smallest absolute Gasteiger partial charge is 0.0192 e. The van der Waals surface area contributed by atoms with Crippen molar-refractivity contribution in [2.45, 2.75) is 64.3 Å². The number of nitrogens with one attached hydrogen (secondary N) is 1. The molecular formula is C18H29N. The van der Waals surface area contributed by atoms with Gasteiger partial charge in [0.15, 0.2) is 0 Å². The van der Waals surface area contributed by atoms with Gasteiger partial charge < -0.3 is 5.32 Å². The topological polar surface area (TPSA) is 12.0 Å². The molecule has 0 heterocycles. The van der Waals surface area contributed by atoms with Crippen molar-refractivity contribution in [2.75, 3.05) is 6.54 Å². The van der Waals surface area contributed by atoms with Gasteiger partial charge >= 0.3 is 0 Å². The standard InChI is InChI=1S/C18H29N/c1-4-14-19-17(15-12-13-15)18(5-2,6-3)16-10-8-7-9-11-16/h7-11,15,17,19H,4-6,12-14H2,1-3H3. The van der Waals surface area contributed by atoms with E-state index in [-0.39, 0.29) is 0 Å².